The summed E-state index contributed by atoms with van der Waals surface area (Å²) in [5.74, 6) is 1.26. The van der Waals surface area contributed by atoms with Gasteiger partial charge in [-0.2, -0.15) is 0 Å². The van der Waals surface area contributed by atoms with Crippen LogP contribution in [0, 0.1) is 0 Å². The second kappa shape index (κ2) is 6.20. The van der Waals surface area contributed by atoms with Gasteiger partial charge in [0.25, 0.3) is 0 Å². The number of cyclic esters (lactones) is 1. The number of hydrogen-bond donors (Lipinski definition) is 0. The van der Waals surface area contributed by atoms with Crippen LogP contribution in [0.5, 0.6) is 11.5 Å². The summed E-state index contributed by atoms with van der Waals surface area (Å²) in [5.41, 5.74) is 1.85. The van der Waals surface area contributed by atoms with E-state index in [9.17, 15) is 4.79 Å². The van der Waals surface area contributed by atoms with E-state index in [0.717, 1.165) is 23.3 Å². The van der Waals surface area contributed by atoms with Crippen molar-refractivity contribution < 1.29 is 19.0 Å². The largest absolute Gasteiger partial charge is 0.490 e. The first-order chi connectivity index (χ1) is 11.8. The smallest absolute Gasteiger partial charge is 0.363 e. The number of carbonyl (C=O) groups is 1. The quantitative estimate of drug-likeness (QED) is 0.629. The lowest BCUT2D eigenvalue weighted by molar-refractivity contribution is -0.129. The van der Waals surface area contributed by atoms with Crippen molar-refractivity contribution in [3.8, 4) is 11.5 Å². The monoisotopic (exact) mass is 321 g/mol. The highest BCUT2D eigenvalue weighted by Gasteiger charge is 2.24. The third kappa shape index (κ3) is 2.88. The van der Waals surface area contributed by atoms with Crippen molar-refractivity contribution in [3.05, 3.63) is 65.4 Å². The summed E-state index contributed by atoms with van der Waals surface area (Å²) in [6.45, 7) is 1.26. The van der Waals surface area contributed by atoms with Crippen LogP contribution in [0.4, 0.5) is 0 Å². The van der Waals surface area contributed by atoms with Gasteiger partial charge in [0.05, 0.1) is 13.2 Å². The first-order valence-electron chi connectivity index (χ1n) is 7.77. The van der Waals surface area contributed by atoms with E-state index in [2.05, 4.69) is 4.99 Å². The van der Waals surface area contributed by atoms with Crippen LogP contribution < -0.4 is 9.47 Å². The lowest BCUT2D eigenvalue weighted by Gasteiger charge is -2.07. The Morgan fingerprint density at radius 2 is 1.75 bits per heavy atom. The molecule has 4 rings (SSSR count). The maximum atomic E-state index is 12.0. The molecular formula is C19H15NO4. The molecule has 0 atom stereocenters. The molecule has 0 amide bonds. The number of aliphatic imine (C=N–C) groups is 1. The first kappa shape index (κ1) is 14.5. The summed E-state index contributed by atoms with van der Waals surface area (Å²) in [4.78, 5) is 16.3. The highest BCUT2D eigenvalue weighted by atomic mass is 16.6. The predicted octanol–water partition coefficient (Wildman–Crippen LogP) is 3.19. The highest BCUT2D eigenvalue weighted by molar-refractivity contribution is 6.12. The molecule has 24 heavy (non-hydrogen) atoms. The van der Waals surface area contributed by atoms with Gasteiger partial charge in [0.1, 0.15) is 0 Å². The molecule has 2 aliphatic rings. The maximum absolute atomic E-state index is 12.0. The molecule has 0 unspecified atom stereocenters. The number of ether oxygens (including phenoxy) is 3. The fourth-order valence-electron chi connectivity index (χ4n) is 2.54. The molecule has 2 aromatic rings. The molecule has 0 radical (unpaired) electrons. The Morgan fingerprint density at radius 1 is 0.958 bits per heavy atom. The second-order valence-electron chi connectivity index (χ2n) is 5.46. The van der Waals surface area contributed by atoms with Crippen molar-refractivity contribution in [2.45, 2.75) is 6.42 Å². The van der Waals surface area contributed by atoms with Gasteiger partial charge < -0.3 is 14.2 Å². The standard InChI is InChI=1S/C19H15NO4/c21-19-15(20-18(24-19)14-5-2-1-3-6-14)11-13-7-8-16-17(12-13)23-10-4-9-22-16/h1-3,5-8,11-12H,4,9-10H2/b15-11+. The van der Waals surface area contributed by atoms with E-state index in [1.165, 1.54) is 0 Å². The minimum absolute atomic E-state index is 0.267. The van der Waals surface area contributed by atoms with E-state index >= 15 is 0 Å². The number of fused-ring (bicyclic) bond motifs is 1. The molecule has 0 bridgehead atoms. The minimum atomic E-state index is -0.457. The van der Waals surface area contributed by atoms with E-state index in [1.54, 1.807) is 6.08 Å². The zero-order valence-electron chi connectivity index (χ0n) is 12.9. The number of carbonyl (C=O) groups excluding carboxylic acids is 1. The van der Waals surface area contributed by atoms with E-state index in [1.807, 2.05) is 48.5 Å². The highest BCUT2D eigenvalue weighted by Crippen LogP contribution is 2.31. The molecule has 2 heterocycles. The molecule has 0 saturated carbocycles. The topological polar surface area (TPSA) is 57.1 Å². The van der Waals surface area contributed by atoms with Crippen LogP contribution in [0.3, 0.4) is 0 Å². The van der Waals surface area contributed by atoms with E-state index in [-0.39, 0.29) is 5.70 Å². The molecule has 2 aliphatic heterocycles. The van der Waals surface area contributed by atoms with Gasteiger partial charge in [-0.25, -0.2) is 9.79 Å². The van der Waals surface area contributed by atoms with Gasteiger partial charge in [0.2, 0.25) is 5.90 Å². The van der Waals surface area contributed by atoms with Gasteiger partial charge in [-0.15, -0.1) is 0 Å². The molecule has 2 aromatic carbocycles. The average Bonchev–Trinajstić information content (AvgIpc) is 2.83. The van der Waals surface area contributed by atoms with Gasteiger partial charge in [-0.1, -0.05) is 24.3 Å². The summed E-state index contributed by atoms with van der Waals surface area (Å²) in [7, 11) is 0. The zero-order valence-corrected chi connectivity index (χ0v) is 12.9. The predicted molar refractivity (Wildman–Crippen MR) is 89.1 cm³/mol. The molecule has 0 N–H and O–H groups in total. The summed E-state index contributed by atoms with van der Waals surface area (Å²) in [6, 6.07) is 14.9. The van der Waals surface area contributed by atoms with E-state index in [4.69, 9.17) is 14.2 Å². The van der Waals surface area contributed by atoms with Gasteiger partial charge in [-0.05, 0) is 35.9 Å². The molecule has 120 valence electrons. The maximum Gasteiger partial charge on any atom is 0.363 e. The summed E-state index contributed by atoms with van der Waals surface area (Å²) in [6.07, 6.45) is 2.54. The second-order valence-corrected chi connectivity index (χ2v) is 5.46. The van der Waals surface area contributed by atoms with E-state index in [0.29, 0.717) is 24.9 Å². The number of hydrogen-bond acceptors (Lipinski definition) is 5. The van der Waals surface area contributed by atoms with Crippen LogP contribution in [0.25, 0.3) is 6.08 Å². The van der Waals surface area contributed by atoms with Crippen molar-refractivity contribution in [3.63, 3.8) is 0 Å². The summed E-state index contributed by atoms with van der Waals surface area (Å²) in [5, 5.41) is 0. The van der Waals surface area contributed by atoms with Crippen LogP contribution in [-0.2, 0) is 9.53 Å². The van der Waals surface area contributed by atoms with Crippen molar-refractivity contribution in [2.24, 2.45) is 4.99 Å². The van der Waals surface area contributed by atoms with Gasteiger partial charge >= 0.3 is 5.97 Å². The Morgan fingerprint density at radius 3 is 2.58 bits per heavy atom. The number of nitrogens with zero attached hydrogens (tertiary/aromatic N) is 1. The fourth-order valence-corrected chi connectivity index (χ4v) is 2.54. The Bertz CT molecular complexity index is 840. The van der Waals surface area contributed by atoms with Crippen molar-refractivity contribution >= 4 is 17.9 Å². The first-order valence-corrected chi connectivity index (χ1v) is 7.77. The van der Waals surface area contributed by atoms with Crippen LogP contribution in [0.2, 0.25) is 0 Å². The Kier molecular flexibility index (Phi) is 3.75. The molecule has 5 heteroatoms. The minimum Gasteiger partial charge on any atom is -0.490 e. The molecule has 0 saturated heterocycles. The Balaban J connectivity index is 1.64. The van der Waals surface area contributed by atoms with Gasteiger partial charge in [0, 0.05) is 12.0 Å². The Labute approximate surface area is 139 Å². The van der Waals surface area contributed by atoms with Crippen molar-refractivity contribution in [1.29, 1.82) is 0 Å². The van der Waals surface area contributed by atoms with Gasteiger partial charge in [0.15, 0.2) is 17.2 Å². The third-order valence-electron chi connectivity index (χ3n) is 3.72. The number of rotatable bonds is 2. The zero-order chi connectivity index (χ0) is 16.4. The Hall–Kier alpha value is -3.08. The van der Waals surface area contributed by atoms with Crippen LogP contribution in [0.15, 0.2) is 59.2 Å². The van der Waals surface area contributed by atoms with E-state index < -0.39 is 5.97 Å². The molecule has 0 spiro atoms. The lowest BCUT2D eigenvalue weighted by atomic mass is 10.1. The fraction of sp³-hybridized carbons (Fsp3) is 0.158. The summed E-state index contributed by atoms with van der Waals surface area (Å²) >= 11 is 0. The third-order valence-corrected chi connectivity index (χ3v) is 3.72. The normalized spacial score (nSPS) is 18.1. The molecule has 0 aliphatic carbocycles. The van der Waals surface area contributed by atoms with Crippen molar-refractivity contribution in [2.75, 3.05) is 13.2 Å². The lowest BCUT2D eigenvalue weighted by Crippen LogP contribution is -2.04. The molecule has 0 fully saturated rings. The number of esters is 1. The van der Waals surface area contributed by atoms with Crippen LogP contribution >= 0.6 is 0 Å². The molecule has 5 nitrogen and oxygen atoms in total. The average molecular weight is 321 g/mol. The van der Waals surface area contributed by atoms with Crippen molar-refractivity contribution in [1.82, 2.24) is 0 Å². The van der Waals surface area contributed by atoms with Crippen LogP contribution in [0.1, 0.15) is 17.5 Å². The van der Waals surface area contributed by atoms with Gasteiger partial charge in [-0.3, -0.25) is 0 Å². The number of benzene rings is 2. The van der Waals surface area contributed by atoms with Crippen LogP contribution in [-0.4, -0.2) is 25.1 Å². The summed E-state index contributed by atoms with van der Waals surface area (Å²) < 4.78 is 16.5. The SMILES string of the molecule is O=C1OC(c2ccccc2)=N/C1=C/c1ccc2c(c1)OCCCO2. The molecular weight excluding hydrogens is 306 g/mol. The molecule has 0 aromatic heterocycles.